The molecule has 0 aromatic heterocycles. The molecule has 0 unspecified atom stereocenters. The number of benzene rings is 1. The Hall–Kier alpha value is -1.65. The molecule has 1 N–H and O–H groups in total. The van der Waals surface area contributed by atoms with E-state index in [1.54, 1.807) is 6.08 Å². The van der Waals surface area contributed by atoms with Crippen molar-refractivity contribution in [2.45, 2.75) is 38.3 Å². The van der Waals surface area contributed by atoms with Crippen LogP contribution in [0.3, 0.4) is 0 Å². The largest absolute Gasteiger partial charge is 0.478 e. The van der Waals surface area contributed by atoms with Gasteiger partial charge in [-0.15, -0.1) is 0 Å². The molecular formula is C15H18O4. The summed E-state index contributed by atoms with van der Waals surface area (Å²) in [7, 11) is 0. The maximum atomic E-state index is 10.4. The van der Waals surface area contributed by atoms with Crippen molar-refractivity contribution in [2.75, 3.05) is 0 Å². The summed E-state index contributed by atoms with van der Waals surface area (Å²) in [5.41, 5.74) is 0.987. The summed E-state index contributed by atoms with van der Waals surface area (Å²) < 4.78 is 11.6. The molecule has 4 heteroatoms. The molecule has 1 heterocycles. The van der Waals surface area contributed by atoms with Gasteiger partial charge in [-0.3, -0.25) is 0 Å². The number of hydrogen-bond donors (Lipinski definition) is 1. The molecule has 0 saturated carbocycles. The molecule has 0 amide bonds. The molecule has 1 aliphatic rings. The zero-order chi connectivity index (χ0) is 13.7. The summed E-state index contributed by atoms with van der Waals surface area (Å²) in [6, 6.07) is 9.77. The zero-order valence-corrected chi connectivity index (χ0v) is 10.9. The van der Waals surface area contributed by atoms with Crippen molar-refractivity contribution in [3.63, 3.8) is 0 Å². The number of carboxylic acids is 1. The number of carbonyl (C=O) groups is 1. The summed E-state index contributed by atoms with van der Waals surface area (Å²) in [5, 5.41) is 8.57. The van der Waals surface area contributed by atoms with Crippen LogP contribution in [0.15, 0.2) is 42.5 Å². The molecule has 0 aliphatic carbocycles. The Labute approximate surface area is 112 Å². The van der Waals surface area contributed by atoms with Gasteiger partial charge in [0.2, 0.25) is 0 Å². The van der Waals surface area contributed by atoms with Crippen molar-refractivity contribution < 1.29 is 19.4 Å². The molecule has 1 aromatic rings. The van der Waals surface area contributed by atoms with Gasteiger partial charge in [-0.25, -0.2) is 4.79 Å². The van der Waals surface area contributed by atoms with E-state index in [0.29, 0.717) is 6.42 Å². The molecule has 19 heavy (non-hydrogen) atoms. The van der Waals surface area contributed by atoms with Crippen molar-refractivity contribution in [2.24, 2.45) is 0 Å². The zero-order valence-electron chi connectivity index (χ0n) is 10.9. The molecule has 2 rings (SSSR count). The van der Waals surface area contributed by atoms with Crippen molar-refractivity contribution in [1.29, 1.82) is 0 Å². The quantitative estimate of drug-likeness (QED) is 0.848. The lowest BCUT2D eigenvalue weighted by Crippen LogP contribution is -2.31. The summed E-state index contributed by atoms with van der Waals surface area (Å²) in [6.07, 6.45) is 3.87. The van der Waals surface area contributed by atoms with Crippen molar-refractivity contribution in [3.05, 3.63) is 48.0 Å². The van der Waals surface area contributed by atoms with Crippen LogP contribution in [-0.2, 0) is 14.3 Å². The Balaban J connectivity index is 1.98. The van der Waals surface area contributed by atoms with Crippen LogP contribution >= 0.6 is 0 Å². The first-order valence-corrected chi connectivity index (χ1v) is 6.40. The molecule has 1 fully saturated rings. The van der Waals surface area contributed by atoms with E-state index in [0.717, 1.165) is 18.1 Å². The average Bonchev–Trinajstić information content (AvgIpc) is 2.39. The van der Waals surface area contributed by atoms with Gasteiger partial charge in [0.25, 0.3) is 0 Å². The van der Waals surface area contributed by atoms with E-state index in [4.69, 9.17) is 14.6 Å². The van der Waals surface area contributed by atoms with Gasteiger partial charge in [0, 0.05) is 18.1 Å². The van der Waals surface area contributed by atoms with E-state index >= 15 is 0 Å². The standard InChI is InChI=1S/C15H18O4/c1-11-10-13(8-5-9-14(16)17)19-15(18-11)12-6-3-2-4-7-12/h2-7,9,11,13,15H,8,10H2,1H3,(H,16,17)/b9-5+/t11-,13+,15-/m0/s1. The SMILES string of the molecule is C[C@H]1C[C@@H](C/C=C/C(=O)O)O[C@@H](c2ccccc2)O1. The summed E-state index contributed by atoms with van der Waals surface area (Å²) in [6.45, 7) is 2.01. The number of hydrogen-bond acceptors (Lipinski definition) is 3. The first kappa shape index (κ1) is 13.8. The highest BCUT2D eigenvalue weighted by Crippen LogP contribution is 2.30. The Morgan fingerprint density at radius 2 is 2.11 bits per heavy atom. The highest BCUT2D eigenvalue weighted by Gasteiger charge is 2.27. The van der Waals surface area contributed by atoms with Crippen LogP contribution in [0.2, 0.25) is 0 Å². The molecule has 0 radical (unpaired) electrons. The monoisotopic (exact) mass is 262 g/mol. The Morgan fingerprint density at radius 1 is 1.37 bits per heavy atom. The second-order valence-corrected chi connectivity index (χ2v) is 4.66. The van der Waals surface area contributed by atoms with Gasteiger partial charge in [-0.1, -0.05) is 36.4 Å². The van der Waals surface area contributed by atoms with Crippen molar-refractivity contribution in [1.82, 2.24) is 0 Å². The van der Waals surface area contributed by atoms with Crippen molar-refractivity contribution >= 4 is 5.97 Å². The fourth-order valence-corrected chi connectivity index (χ4v) is 2.14. The van der Waals surface area contributed by atoms with Gasteiger partial charge in [0.05, 0.1) is 12.2 Å². The molecule has 1 aliphatic heterocycles. The second-order valence-electron chi connectivity index (χ2n) is 4.66. The molecule has 4 nitrogen and oxygen atoms in total. The molecule has 1 saturated heterocycles. The van der Waals surface area contributed by atoms with E-state index in [-0.39, 0.29) is 18.5 Å². The number of rotatable bonds is 4. The summed E-state index contributed by atoms with van der Waals surface area (Å²) in [4.78, 5) is 10.4. The Kier molecular flexibility index (Phi) is 4.71. The van der Waals surface area contributed by atoms with Gasteiger partial charge in [0.1, 0.15) is 0 Å². The minimum Gasteiger partial charge on any atom is -0.478 e. The predicted octanol–water partition coefficient (Wildman–Crippen LogP) is 2.91. The van der Waals surface area contributed by atoms with E-state index in [1.165, 1.54) is 0 Å². The molecule has 1 aromatic carbocycles. The third-order valence-electron chi connectivity index (χ3n) is 3.00. The van der Waals surface area contributed by atoms with Gasteiger partial charge < -0.3 is 14.6 Å². The van der Waals surface area contributed by atoms with Crippen molar-refractivity contribution in [3.8, 4) is 0 Å². The van der Waals surface area contributed by atoms with Crippen LogP contribution < -0.4 is 0 Å². The predicted molar refractivity (Wildman–Crippen MR) is 70.6 cm³/mol. The normalized spacial score (nSPS) is 27.5. The lowest BCUT2D eigenvalue weighted by atomic mass is 10.1. The molecule has 102 valence electrons. The van der Waals surface area contributed by atoms with E-state index in [9.17, 15) is 4.79 Å². The third-order valence-corrected chi connectivity index (χ3v) is 3.00. The first-order valence-electron chi connectivity index (χ1n) is 6.40. The highest BCUT2D eigenvalue weighted by atomic mass is 16.7. The second kappa shape index (κ2) is 6.50. The Bertz CT molecular complexity index is 441. The Morgan fingerprint density at radius 3 is 2.79 bits per heavy atom. The smallest absolute Gasteiger partial charge is 0.327 e. The first-order chi connectivity index (χ1) is 9.15. The molecule has 0 spiro atoms. The topological polar surface area (TPSA) is 55.8 Å². The third kappa shape index (κ3) is 4.19. The average molecular weight is 262 g/mol. The van der Waals surface area contributed by atoms with Crippen LogP contribution in [0.1, 0.15) is 31.6 Å². The molecular weight excluding hydrogens is 244 g/mol. The van der Waals surface area contributed by atoms with E-state index < -0.39 is 5.97 Å². The minimum atomic E-state index is -0.931. The molecule has 0 bridgehead atoms. The maximum Gasteiger partial charge on any atom is 0.327 e. The van der Waals surface area contributed by atoms with Gasteiger partial charge in [-0.2, -0.15) is 0 Å². The fourth-order valence-electron chi connectivity index (χ4n) is 2.14. The van der Waals surface area contributed by atoms with Crippen LogP contribution in [0.25, 0.3) is 0 Å². The highest BCUT2D eigenvalue weighted by molar-refractivity contribution is 5.79. The van der Waals surface area contributed by atoms with E-state index in [2.05, 4.69) is 0 Å². The fraction of sp³-hybridized carbons (Fsp3) is 0.400. The van der Waals surface area contributed by atoms with Gasteiger partial charge in [-0.05, 0) is 13.3 Å². The minimum absolute atomic E-state index is 0.00967. The van der Waals surface area contributed by atoms with Crippen LogP contribution in [-0.4, -0.2) is 23.3 Å². The number of aliphatic carboxylic acids is 1. The van der Waals surface area contributed by atoms with Crippen LogP contribution in [0, 0.1) is 0 Å². The maximum absolute atomic E-state index is 10.4. The van der Waals surface area contributed by atoms with Crippen LogP contribution in [0.5, 0.6) is 0 Å². The number of ether oxygens (including phenoxy) is 2. The molecule has 3 atom stereocenters. The van der Waals surface area contributed by atoms with Gasteiger partial charge in [0.15, 0.2) is 6.29 Å². The van der Waals surface area contributed by atoms with E-state index in [1.807, 2.05) is 37.3 Å². The van der Waals surface area contributed by atoms with Crippen LogP contribution in [0.4, 0.5) is 0 Å². The summed E-state index contributed by atoms with van der Waals surface area (Å²) in [5.74, 6) is -0.931. The number of carboxylic acid groups (broad SMARTS) is 1. The van der Waals surface area contributed by atoms with Gasteiger partial charge >= 0.3 is 5.97 Å². The lowest BCUT2D eigenvalue weighted by Gasteiger charge is -2.34. The lowest BCUT2D eigenvalue weighted by molar-refractivity contribution is -0.242. The summed E-state index contributed by atoms with van der Waals surface area (Å²) >= 11 is 0.